The van der Waals surface area contributed by atoms with E-state index in [1.54, 1.807) is 0 Å². The van der Waals surface area contributed by atoms with Crippen LogP contribution in [-0.2, 0) is 0 Å². The molecule has 2 rings (SSSR count). The smallest absolute Gasteiger partial charge is 0.168 e. The molecule has 86 valence electrons. The fourth-order valence-electron chi connectivity index (χ4n) is 1.85. The van der Waals surface area contributed by atoms with Gasteiger partial charge in [0.15, 0.2) is 16.8 Å². The van der Waals surface area contributed by atoms with E-state index in [1.807, 2.05) is 18.7 Å². The van der Waals surface area contributed by atoms with Crippen molar-refractivity contribution in [2.45, 2.75) is 26.3 Å². The Bertz CT molecular complexity index is 448. The van der Waals surface area contributed by atoms with Gasteiger partial charge in [0.25, 0.3) is 0 Å². The fraction of sp³-hybridized carbons (Fsp3) is 0.455. The molecule has 3 nitrogen and oxygen atoms in total. The molecule has 0 fully saturated rings. The van der Waals surface area contributed by atoms with Crippen LogP contribution in [-0.4, -0.2) is 23.4 Å². The van der Waals surface area contributed by atoms with E-state index < -0.39 is 5.82 Å². The number of carbonyl (C=O) groups is 1. The lowest BCUT2D eigenvalue weighted by atomic mass is 10.0. The first-order chi connectivity index (χ1) is 7.50. The van der Waals surface area contributed by atoms with Crippen LogP contribution in [0.25, 0.3) is 0 Å². The number of Topliss-reactive ketones (excluding diaryl/α,β-unsaturated/α-hetero) is 1. The van der Waals surface area contributed by atoms with Crippen molar-refractivity contribution in [1.29, 1.82) is 0 Å². The zero-order valence-corrected chi connectivity index (χ0v) is 9.88. The number of pyridine rings is 1. The van der Waals surface area contributed by atoms with Crippen molar-refractivity contribution in [3.63, 3.8) is 0 Å². The van der Waals surface area contributed by atoms with Gasteiger partial charge < -0.3 is 4.90 Å². The number of rotatable bonds is 1. The third kappa shape index (κ3) is 1.78. The number of aromatic nitrogens is 1. The largest absolute Gasteiger partial charge is 0.353 e. The molecule has 0 saturated heterocycles. The lowest BCUT2D eigenvalue weighted by Crippen LogP contribution is -2.38. The van der Waals surface area contributed by atoms with Crippen LogP contribution in [0.1, 0.15) is 30.6 Å². The first kappa shape index (κ1) is 11.3. The van der Waals surface area contributed by atoms with Crippen LogP contribution in [0, 0.1) is 5.82 Å². The maximum absolute atomic E-state index is 13.2. The highest BCUT2D eigenvalue weighted by molar-refractivity contribution is 6.29. The van der Waals surface area contributed by atoms with E-state index in [0.29, 0.717) is 24.3 Å². The van der Waals surface area contributed by atoms with Crippen LogP contribution in [0.15, 0.2) is 6.07 Å². The Morgan fingerprint density at radius 2 is 2.25 bits per heavy atom. The minimum atomic E-state index is -0.639. The molecule has 0 amide bonds. The zero-order valence-electron chi connectivity index (χ0n) is 9.13. The maximum Gasteiger partial charge on any atom is 0.168 e. The molecule has 0 spiro atoms. The standard InChI is InChI=1S/C11H12ClFN2O/c1-6(2)15-4-3-9(16)7-5-8(13)10(12)14-11(7)15/h5-6H,3-4H2,1-2H3. The molecule has 0 saturated carbocycles. The third-order valence-electron chi connectivity index (χ3n) is 2.69. The molecule has 0 unspecified atom stereocenters. The van der Waals surface area contributed by atoms with Crippen molar-refractivity contribution in [3.8, 4) is 0 Å². The second kappa shape index (κ2) is 4.01. The van der Waals surface area contributed by atoms with Crippen molar-refractivity contribution >= 4 is 23.2 Å². The van der Waals surface area contributed by atoms with Gasteiger partial charge in [-0.15, -0.1) is 0 Å². The zero-order chi connectivity index (χ0) is 11.9. The monoisotopic (exact) mass is 242 g/mol. The summed E-state index contributed by atoms with van der Waals surface area (Å²) in [5.41, 5.74) is 0.335. The molecule has 2 heterocycles. The molecule has 0 radical (unpaired) electrons. The molecule has 5 heteroatoms. The van der Waals surface area contributed by atoms with E-state index in [2.05, 4.69) is 4.98 Å². The van der Waals surface area contributed by atoms with Gasteiger partial charge in [0.05, 0.1) is 5.56 Å². The lowest BCUT2D eigenvalue weighted by Gasteiger charge is -2.32. The predicted octanol–water partition coefficient (Wildman–Crippen LogP) is 2.68. The van der Waals surface area contributed by atoms with Crippen molar-refractivity contribution in [2.75, 3.05) is 11.4 Å². The SMILES string of the molecule is CC(C)N1CCC(=O)c2cc(F)c(Cl)nc21. The summed E-state index contributed by atoms with van der Waals surface area (Å²) in [6.07, 6.45) is 0.397. The van der Waals surface area contributed by atoms with Crippen molar-refractivity contribution in [2.24, 2.45) is 0 Å². The van der Waals surface area contributed by atoms with E-state index in [1.165, 1.54) is 6.07 Å². The Balaban J connectivity index is 2.57. The average molecular weight is 243 g/mol. The topological polar surface area (TPSA) is 33.2 Å². The third-order valence-corrected chi connectivity index (χ3v) is 2.95. The highest BCUT2D eigenvalue weighted by Gasteiger charge is 2.27. The number of nitrogens with zero attached hydrogens (tertiary/aromatic N) is 2. The molecule has 1 aromatic rings. The van der Waals surface area contributed by atoms with Crippen LogP contribution >= 0.6 is 11.6 Å². The van der Waals surface area contributed by atoms with E-state index in [4.69, 9.17) is 11.6 Å². The summed E-state index contributed by atoms with van der Waals surface area (Å²) in [6, 6.07) is 1.39. The van der Waals surface area contributed by atoms with Gasteiger partial charge in [-0.1, -0.05) is 11.6 Å². The molecule has 0 atom stereocenters. The number of fused-ring (bicyclic) bond motifs is 1. The normalized spacial score (nSPS) is 15.6. The van der Waals surface area contributed by atoms with Gasteiger partial charge in [0, 0.05) is 19.0 Å². The predicted molar refractivity (Wildman–Crippen MR) is 60.6 cm³/mol. The molecular weight excluding hydrogens is 231 g/mol. The van der Waals surface area contributed by atoms with Gasteiger partial charge in [-0.3, -0.25) is 4.79 Å². The van der Waals surface area contributed by atoms with Gasteiger partial charge in [-0.2, -0.15) is 0 Å². The summed E-state index contributed by atoms with van der Waals surface area (Å²) >= 11 is 5.64. The van der Waals surface area contributed by atoms with Gasteiger partial charge in [0.1, 0.15) is 5.82 Å². The maximum atomic E-state index is 13.2. The average Bonchev–Trinajstić information content (AvgIpc) is 2.21. The van der Waals surface area contributed by atoms with E-state index in [0.717, 1.165) is 0 Å². The van der Waals surface area contributed by atoms with Gasteiger partial charge in [-0.05, 0) is 19.9 Å². The molecule has 1 aliphatic rings. The van der Waals surface area contributed by atoms with E-state index in [-0.39, 0.29) is 17.0 Å². The fourth-order valence-corrected chi connectivity index (χ4v) is 1.98. The number of hydrogen-bond donors (Lipinski definition) is 0. The Morgan fingerprint density at radius 1 is 1.56 bits per heavy atom. The quantitative estimate of drug-likeness (QED) is 0.710. The Labute approximate surface area is 98.2 Å². The molecule has 0 aliphatic carbocycles. The minimum Gasteiger partial charge on any atom is -0.353 e. The number of carbonyl (C=O) groups excluding carboxylic acids is 1. The van der Waals surface area contributed by atoms with Gasteiger partial charge in [-0.25, -0.2) is 9.37 Å². The number of hydrogen-bond acceptors (Lipinski definition) is 3. The molecule has 0 bridgehead atoms. The molecule has 1 aromatic heterocycles. The number of halogens is 2. The first-order valence-electron chi connectivity index (χ1n) is 5.16. The highest BCUT2D eigenvalue weighted by atomic mass is 35.5. The summed E-state index contributed by atoms with van der Waals surface area (Å²) in [4.78, 5) is 17.6. The van der Waals surface area contributed by atoms with Crippen molar-refractivity contribution in [3.05, 3.63) is 22.6 Å². The molecule has 0 aromatic carbocycles. The van der Waals surface area contributed by atoms with Crippen LogP contribution in [0.4, 0.5) is 10.2 Å². The van der Waals surface area contributed by atoms with Crippen LogP contribution in [0.2, 0.25) is 5.15 Å². The number of ketones is 1. The Morgan fingerprint density at radius 3 is 2.88 bits per heavy atom. The Kier molecular flexibility index (Phi) is 2.84. The van der Waals surface area contributed by atoms with Crippen LogP contribution in [0.5, 0.6) is 0 Å². The highest BCUT2D eigenvalue weighted by Crippen LogP contribution is 2.29. The van der Waals surface area contributed by atoms with Gasteiger partial charge >= 0.3 is 0 Å². The second-order valence-electron chi connectivity index (χ2n) is 4.09. The summed E-state index contributed by atoms with van der Waals surface area (Å²) in [6.45, 7) is 4.61. The summed E-state index contributed by atoms with van der Waals surface area (Å²) in [5, 5.41) is -0.181. The van der Waals surface area contributed by atoms with Crippen LogP contribution < -0.4 is 4.90 Å². The Hall–Kier alpha value is -1.16. The van der Waals surface area contributed by atoms with Crippen molar-refractivity contribution < 1.29 is 9.18 Å². The number of anilines is 1. The summed E-state index contributed by atoms with van der Waals surface area (Å²) < 4.78 is 13.2. The van der Waals surface area contributed by atoms with Crippen molar-refractivity contribution in [1.82, 2.24) is 4.98 Å². The summed E-state index contributed by atoms with van der Waals surface area (Å²) in [5.74, 6) is -0.216. The van der Waals surface area contributed by atoms with Gasteiger partial charge in [0.2, 0.25) is 0 Å². The second-order valence-corrected chi connectivity index (χ2v) is 4.45. The van der Waals surface area contributed by atoms with E-state index >= 15 is 0 Å². The summed E-state index contributed by atoms with van der Waals surface area (Å²) in [7, 11) is 0. The lowest BCUT2D eigenvalue weighted by molar-refractivity contribution is 0.0978. The molecule has 0 N–H and O–H groups in total. The minimum absolute atomic E-state index is 0.0741. The molecular formula is C11H12ClFN2O. The first-order valence-corrected chi connectivity index (χ1v) is 5.54. The van der Waals surface area contributed by atoms with E-state index in [9.17, 15) is 9.18 Å². The van der Waals surface area contributed by atoms with Crippen LogP contribution in [0.3, 0.4) is 0 Å². The molecule has 16 heavy (non-hydrogen) atoms. The molecule has 1 aliphatic heterocycles.